The molecule has 12 heavy (non-hydrogen) atoms. The van der Waals surface area contributed by atoms with Crippen LogP contribution in [0.15, 0.2) is 12.7 Å². The molecule has 1 fully saturated rings. The third-order valence-electron chi connectivity index (χ3n) is 2.36. The van der Waals surface area contributed by atoms with Gasteiger partial charge in [0.25, 0.3) is 0 Å². The Kier molecular flexibility index (Phi) is 3.29. The molecule has 1 rings (SSSR count). The molecule has 0 aromatic rings. The molecule has 0 saturated carbocycles. The van der Waals surface area contributed by atoms with Crippen LogP contribution >= 0.6 is 0 Å². The molecule has 0 aliphatic carbocycles. The highest BCUT2D eigenvalue weighted by Gasteiger charge is 2.23. The number of carbonyl (C=O) groups is 1. The number of nitrogens with two attached hydrogens (primary N) is 1. The molecule has 1 aliphatic rings. The molecule has 1 saturated heterocycles. The minimum absolute atomic E-state index is 0.0187. The van der Waals surface area contributed by atoms with Gasteiger partial charge in [-0.15, -0.1) is 0 Å². The summed E-state index contributed by atoms with van der Waals surface area (Å²) < 4.78 is 0. The molecule has 1 atom stereocenters. The second kappa shape index (κ2) is 4.26. The van der Waals surface area contributed by atoms with Crippen molar-refractivity contribution in [2.24, 2.45) is 5.73 Å². The summed E-state index contributed by atoms with van der Waals surface area (Å²) in [5.41, 5.74) is 5.56. The predicted molar refractivity (Wildman–Crippen MR) is 48.6 cm³/mol. The number of hydrogen-bond acceptors (Lipinski definition) is 2. The van der Waals surface area contributed by atoms with Gasteiger partial charge in [-0.25, -0.2) is 0 Å². The molecular formula is C9H16N2O. The quantitative estimate of drug-likeness (QED) is 0.611. The Morgan fingerprint density at radius 3 is 3.00 bits per heavy atom. The van der Waals surface area contributed by atoms with Gasteiger partial charge in [0.05, 0.1) is 0 Å². The summed E-state index contributed by atoms with van der Waals surface area (Å²) in [6.07, 6.45) is 4.68. The fraction of sp³-hybridized carbons (Fsp3) is 0.667. The molecule has 1 aliphatic heterocycles. The fourth-order valence-electron chi connectivity index (χ4n) is 1.65. The third kappa shape index (κ3) is 1.85. The number of amides is 1. The lowest BCUT2D eigenvalue weighted by atomic mass is 10.0. The van der Waals surface area contributed by atoms with Crippen LogP contribution in [-0.2, 0) is 4.79 Å². The molecule has 0 aromatic heterocycles. The standard InChI is InChI=1S/C9H16N2O/c1-2-9(12)11-6-4-3-5-8(11)7-10/h2,8H,1,3-7,10H2. The SMILES string of the molecule is C=CC(=O)N1CCCCC1CN. The van der Waals surface area contributed by atoms with Crippen LogP contribution in [0, 0.1) is 0 Å². The zero-order valence-corrected chi connectivity index (χ0v) is 7.33. The van der Waals surface area contributed by atoms with E-state index in [9.17, 15) is 4.79 Å². The van der Waals surface area contributed by atoms with E-state index < -0.39 is 0 Å². The third-order valence-corrected chi connectivity index (χ3v) is 2.36. The summed E-state index contributed by atoms with van der Waals surface area (Å²) in [4.78, 5) is 13.1. The van der Waals surface area contributed by atoms with Crippen molar-refractivity contribution in [1.29, 1.82) is 0 Å². The smallest absolute Gasteiger partial charge is 0.246 e. The predicted octanol–water partition coefficient (Wildman–Crippen LogP) is 0.512. The Bertz CT molecular complexity index is 179. The van der Waals surface area contributed by atoms with Crippen LogP contribution in [0.5, 0.6) is 0 Å². The summed E-state index contributed by atoms with van der Waals surface area (Å²) in [6, 6.07) is 0.240. The van der Waals surface area contributed by atoms with E-state index in [0.717, 1.165) is 19.4 Å². The number of carbonyl (C=O) groups excluding carboxylic acids is 1. The molecule has 1 unspecified atom stereocenters. The molecule has 0 bridgehead atoms. The van der Waals surface area contributed by atoms with Crippen LogP contribution in [0.4, 0.5) is 0 Å². The highest BCUT2D eigenvalue weighted by Crippen LogP contribution is 2.15. The molecule has 2 N–H and O–H groups in total. The van der Waals surface area contributed by atoms with E-state index in [1.807, 2.05) is 4.90 Å². The maximum Gasteiger partial charge on any atom is 0.246 e. The molecule has 0 aromatic carbocycles. The van der Waals surface area contributed by atoms with E-state index in [1.165, 1.54) is 12.5 Å². The fourth-order valence-corrected chi connectivity index (χ4v) is 1.65. The zero-order valence-electron chi connectivity index (χ0n) is 7.33. The first-order valence-corrected chi connectivity index (χ1v) is 4.42. The number of piperidine rings is 1. The molecule has 1 amide bonds. The topological polar surface area (TPSA) is 46.3 Å². The summed E-state index contributed by atoms with van der Waals surface area (Å²) in [6.45, 7) is 4.88. The Labute approximate surface area is 73.2 Å². The normalized spacial score (nSPS) is 23.8. The molecule has 68 valence electrons. The number of rotatable bonds is 2. The van der Waals surface area contributed by atoms with Gasteiger partial charge in [-0.3, -0.25) is 4.79 Å². The zero-order chi connectivity index (χ0) is 8.97. The lowest BCUT2D eigenvalue weighted by Crippen LogP contribution is -2.46. The van der Waals surface area contributed by atoms with E-state index in [2.05, 4.69) is 6.58 Å². The largest absolute Gasteiger partial charge is 0.335 e. The highest BCUT2D eigenvalue weighted by atomic mass is 16.2. The van der Waals surface area contributed by atoms with Crippen molar-refractivity contribution in [3.05, 3.63) is 12.7 Å². The van der Waals surface area contributed by atoms with E-state index in [1.54, 1.807) is 0 Å². The minimum Gasteiger partial charge on any atom is -0.335 e. The molecule has 3 nitrogen and oxygen atoms in total. The van der Waals surface area contributed by atoms with E-state index >= 15 is 0 Å². The van der Waals surface area contributed by atoms with Crippen molar-refractivity contribution >= 4 is 5.91 Å². The van der Waals surface area contributed by atoms with Gasteiger partial charge >= 0.3 is 0 Å². The Hall–Kier alpha value is -0.830. The van der Waals surface area contributed by atoms with E-state index in [-0.39, 0.29) is 11.9 Å². The van der Waals surface area contributed by atoms with Gasteiger partial charge in [0.2, 0.25) is 5.91 Å². The average molecular weight is 168 g/mol. The summed E-state index contributed by atoms with van der Waals surface area (Å²) in [5, 5.41) is 0. The van der Waals surface area contributed by atoms with Crippen LogP contribution in [-0.4, -0.2) is 29.9 Å². The van der Waals surface area contributed by atoms with Crippen LogP contribution in [0.2, 0.25) is 0 Å². The lowest BCUT2D eigenvalue weighted by Gasteiger charge is -2.34. The highest BCUT2D eigenvalue weighted by molar-refractivity contribution is 5.87. The van der Waals surface area contributed by atoms with Crippen molar-refractivity contribution in [1.82, 2.24) is 4.90 Å². The molecule has 1 heterocycles. The first-order valence-electron chi connectivity index (χ1n) is 4.42. The number of nitrogens with zero attached hydrogens (tertiary/aromatic N) is 1. The number of hydrogen-bond donors (Lipinski definition) is 1. The summed E-state index contributed by atoms with van der Waals surface area (Å²) in [7, 11) is 0. The van der Waals surface area contributed by atoms with Crippen LogP contribution in [0.25, 0.3) is 0 Å². The van der Waals surface area contributed by atoms with Gasteiger partial charge in [0, 0.05) is 19.1 Å². The van der Waals surface area contributed by atoms with Gasteiger partial charge in [-0.05, 0) is 25.3 Å². The Balaban J connectivity index is 2.58. The maximum atomic E-state index is 11.3. The van der Waals surface area contributed by atoms with Crippen molar-refractivity contribution in [2.45, 2.75) is 25.3 Å². The second-order valence-corrected chi connectivity index (χ2v) is 3.12. The maximum absolute atomic E-state index is 11.3. The van der Waals surface area contributed by atoms with Crippen molar-refractivity contribution in [3.63, 3.8) is 0 Å². The van der Waals surface area contributed by atoms with Crippen molar-refractivity contribution < 1.29 is 4.79 Å². The Morgan fingerprint density at radius 1 is 1.67 bits per heavy atom. The molecule has 3 heteroatoms. The van der Waals surface area contributed by atoms with Crippen LogP contribution in [0.3, 0.4) is 0 Å². The van der Waals surface area contributed by atoms with Gasteiger partial charge < -0.3 is 10.6 Å². The van der Waals surface area contributed by atoms with Crippen LogP contribution < -0.4 is 5.73 Å². The van der Waals surface area contributed by atoms with E-state index in [0.29, 0.717) is 6.54 Å². The van der Waals surface area contributed by atoms with Gasteiger partial charge in [0.15, 0.2) is 0 Å². The first-order chi connectivity index (χ1) is 5.79. The van der Waals surface area contributed by atoms with Crippen LogP contribution in [0.1, 0.15) is 19.3 Å². The average Bonchev–Trinajstić information content (AvgIpc) is 2.16. The number of likely N-dealkylation sites (tertiary alicyclic amines) is 1. The molecular weight excluding hydrogens is 152 g/mol. The summed E-state index contributed by atoms with van der Waals surface area (Å²) in [5.74, 6) is 0.0187. The van der Waals surface area contributed by atoms with Gasteiger partial charge in [-0.2, -0.15) is 0 Å². The second-order valence-electron chi connectivity index (χ2n) is 3.12. The molecule has 0 spiro atoms. The van der Waals surface area contributed by atoms with E-state index in [4.69, 9.17) is 5.73 Å². The minimum atomic E-state index is 0.0187. The first kappa shape index (κ1) is 9.26. The lowest BCUT2D eigenvalue weighted by molar-refractivity contribution is -0.129. The van der Waals surface area contributed by atoms with Crippen molar-refractivity contribution in [3.8, 4) is 0 Å². The van der Waals surface area contributed by atoms with Gasteiger partial charge in [-0.1, -0.05) is 6.58 Å². The summed E-state index contributed by atoms with van der Waals surface area (Å²) >= 11 is 0. The van der Waals surface area contributed by atoms with Crippen molar-refractivity contribution in [2.75, 3.05) is 13.1 Å². The molecule has 0 radical (unpaired) electrons. The Morgan fingerprint density at radius 2 is 2.42 bits per heavy atom. The van der Waals surface area contributed by atoms with Gasteiger partial charge in [0.1, 0.15) is 0 Å². The monoisotopic (exact) mass is 168 g/mol.